The zero-order chi connectivity index (χ0) is 20.5. The highest BCUT2D eigenvalue weighted by atomic mass is 32.2. The third-order valence-corrected chi connectivity index (χ3v) is 6.94. The van der Waals surface area contributed by atoms with Gasteiger partial charge in [-0.1, -0.05) is 36.4 Å². The van der Waals surface area contributed by atoms with E-state index in [-0.39, 0.29) is 0 Å². The molecule has 0 unspecified atom stereocenters. The van der Waals surface area contributed by atoms with Gasteiger partial charge in [0.2, 0.25) is 11.9 Å². The van der Waals surface area contributed by atoms with Crippen molar-refractivity contribution >= 4 is 23.6 Å². The Hall–Kier alpha value is -2.86. The molecule has 6 heteroatoms. The average molecular weight is 417 g/mol. The first-order chi connectivity index (χ1) is 14.7. The zero-order valence-electron chi connectivity index (χ0n) is 16.8. The Morgan fingerprint density at radius 3 is 2.60 bits per heavy atom. The Morgan fingerprint density at radius 1 is 1.03 bits per heavy atom. The Balaban J connectivity index is 1.53. The lowest BCUT2D eigenvalue weighted by Gasteiger charge is -2.31. The van der Waals surface area contributed by atoms with Crippen LogP contribution in [0.4, 0.5) is 5.95 Å². The molecular weight excluding hydrogens is 392 g/mol. The average Bonchev–Trinajstić information content (AvgIpc) is 3.19. The van der Waals surface area contributed by atoms with Crippen molar-refractivity contribution in [1.82, 2.24) is 9.97 Å². The van der Waals surface area contributed by atoms with E-state index in [1.54, 1.807) is 11.8 Å². The van der Waals surface area contributed by atoms with Gasteiger partial charge in [0, 0.05) is 40.6 Å². The molecule has 30 heavy (non-hydrogen) atoms. The van der Waals surface area contributed by atoms with Crippen molar-refractivity contribution in [1.29, 1.82) is 0 Å². The molecule has 1 fully saturated rings. The fraction of sp³-hybridized carbons (Fsp3) is 0.292. The topological polar surface area (TPSA) is 72.1 Å². The number of primary amides is 1. The summed E-state index contributed by atoms with van der Waals surface area (Å²) in [5.74, 6) is 1.23. The number of carbonyl (C=O) groups is 1. The van der Waals surface area contributed by atoms with Crippen molar-refractivity contribution in [2.24, 2.45) is 5.73 Å². The molecule has 5 rings (SSSR count). The molecule has 152 valence electrons. The number of fused-ring (bicyclic) bond motifs is 1. The Morgan fingerprint density at radius 2 is 1.87 bits per heavy atom. The second-order valence-electron chi connectivity index (χ2n) is 7.84. The van der Waals surface area contributed by atoms with Gasteiger partial charge in [0.15, 0.2) is 0 Å². The number of anilines is 1. The predicted octanol–water partition coefficient (Wildman–Crippen LogP) is 4.23. The molecule has 2 aliphatic rings. The zero-order valence-corrected chi connectivity index (χ0v) is 17.6. The van der Waals surface area contributed by atoms with Gasteiger partial charge >= 0.3 is 0 Å². The molecule has 5 nitrogen and oxygen atoms in total. The number of aryl methyl sites for hydroxylation is 1. The molecule has 2 heterocycles. The van der Waals surface area contributed by atoms with Crippen molar-refractivity contribution in [3.63, 3.8) is 0 Å². The van der Waals surface area contributed by atoms with Crippen LogP contribution in [0.2, 0.25) is 0 Å². The van der Waals surface area contributed by atoms with Gasteiger partial charge in [0.05, 0.1) is 11.3 Å². The number of nitrogens with zero attached hydrogens (tertiary/aromatic N) is 3. The molecule has 0 bridgehead atoms. The number of carbonyl (C=O) groups excluding carboxylic acids is 1. The van der Waals surface area contributed by atoms with Crippen molar-refractivity contribution in [3.8, 4) is 11.3 Å². The summed E-state index contributed by atoms with van der Waals surface area (Å²) < 4.78 is 0. The van der Waals surface area contributed by atoms with E-state index in [0.29, 0.717) is 5.56 Å². The summed E-state index contributed by atoms with van der Waals surface area (Å²) in [5, 5.41) is 0. The third-order valence-electron chi connectivity index (χ3n) is 5.82. The predicted molar refractivity (Wildman–Crippen MR) is 121 cm³/mol. The van der Waals surface area contributed by atoms with Crippen LogP contribution in [0.15, 0.2) is 53.4 Å². The maximum Gasteiger partial charge on any atom is 0.249 e. The molecule has 1 aromatic heterocycles. The second-order valence-corrected chi connectivity index (χ2v) is 8.86. The summed E-state index contributed by atoms with van der Waals surface area (Å²) in [6.07, 6.45) is 4.34. The lowest BCUT2D eigenvalue weighted by Crippen LogP contribution is -2.38. The quantitative estimate of drug-likeness (QED) is 0.609. The highest BCUT2D eigenvalue weighted by Gasteiger charge is 2.25. The lowest BCUT2D eigenvalue weighted by molar-refractivity contribution is 0.0997. The molecule has 1 amide bonds. The number of thioether (sulfide) groups is 1. The highest BCUT2D eigenvalue weighted by Crippen LogP contribution is 2.36. The van der Waals surface area contributed by atoms with Crippen molar-refractivity contribution in [2.45, 2.75) is 36.3 Å². The van der Waals surface area contributed by atoms with Gasteiger partial charge in [-0.2, -0.15) is 0 Å². The summed E-state index contributed by atoms with van der Waals surface area (Å²) >= 11 is 1.64. The monoisotopic (exact) mass is 416 g/mol. The fourth-order valence-corrected chi connectivity index (χ4v) is 5.09. The summed E-state index contributed by atoms with van der Waals surface area (Å²) in [7, 11) is 0. The summed E-state index contributed by atoms with van der Waals surface area (Å²) in [6.45, 7) is 2.05. The van der Waals surface area contributed by atoms with E-state index in [1.165, 1.54) is 23.2 Å². The second kappa shape index (κ2) is 8.11. The molecule has 3 aromatic rings. The van der Waals surface area contributed by atoms with Crippen molar-refractivity contribution < 1.29 is 4.79 Å². The smallest absolute Gasteiger partial charge is 0.249 e. The van der Waals surface area contributed by atoms with Crippen LogP contribution < -0.4 is 10.6 Å². The number of rotatable bonds is 6. The number of nitrogens with two attached hydrogens (primary N) is 1. The fourth-order valence-electron chi connectivity index (χ4n) is 4.04. The number of aromatic nitrogens is 2. The molecule has 1 aliphatic heterocycles. The Kier molecular flexibility index (Phi) is 5.17. The summed E-state index contributed by atoms with van der Waals surface area (Å²) in [6, 6.07) is 16.2. The molecule has 1 saturated heterocycles. The van der Waals surface area contributed by atoms with E-state index in [2.05, 4.69) is 23.1 Å². The van der Waals surface area contributed by atoms with E-state index >= 15 is 0 Å². The SMILES string of the molecule is NC(=O)c1ccc(-c2nc(N3CCC3)nc3c2CCC3)cc1SCc1ccccc1. The Labute approximate surface area is 180 Å². The molecule has 2 aromatic carbocycles. The van der Waals surface area contributed by atoms with Gasteiger partial charge in [-0.3, -0.25) is 4.79 Å². The maximum atomic E-state index is 12.0. The van der Waals surface area contributed by atoms with E-state index in [0.717, 1.165) is 60.2 Å². The van der Waals surface area contributed by atoms with Crippen LogP contribution in [0.25, 0.3) is 11.3 Å². The first kappa shape index (κ1) is 19.1. The standard InChI is InChI=1S/C24H24N4OS/c25-23(29)19-11-10-17(14-21(19)30-15-16-6-2-1-3-7-16)22-18-8-4-9-20(18)26-24(27-22)28-12-5-13-28/h1-3,6-7,10-11,14H,4-5,8-9,12-13,15H2,(H2,25,29). The van der Waals surface area contributed by atoms with Crippen molar-refractivity contribution in [3.05, 3.63) is 70.9 Å². The maximum absolute atomic E-state index is 12.0. The van der Waals surface area contributed by atoms with Gasteiger partial charge in [0.25, 0.3) is 0 Å². The van der Waals surface area contributed by atoms with Crippen LogP contribution in [0.5, 0.6) is 0 Å². The van der Waals surface area contributed by atoms with Gasteiger partial charge < -0.3 is 10.6 Å². The molecule has 2 N–H and O–H groups in total. The lowest BCUT2D eigenvalue weighted by atomic mass is 10.0. The third kappa shape index (κ3) is 3.67. The van der Waals surface area contributed by atoms with Crippen LogP contribution in [-0.2, 0) is 18.6 Å². The molecular formula is C24H24N4OS. The molecule has 0 spiro atoms. The van der Waals surface area contributed by atoms with E-state index in [9.17, 15) is 4.79 Å². The van der Waals surface area contributed by atoms with Crippen LogP contribution in [-0.4, -0.2) is 29.0 Å². The minimum atomic E-state index is -0.397. The van der Waals surface area contributed by atoms with Gasteiger partial charge in [0.1, 0.15) is 0 Å². The van der Waals surface area contributed by atoms with Crippen LogP contribution >= 0.6 is 11.8 Å². The Bertz CT molecular complexity index is 1100. The van der Waals surface area contributed by atoms with Gasteiger partial charge in [-0.05, 0) is 43.4 Å². The van der Waals surface area contributed by atoms with E-state index in [1.807, 2.05) is 30.3 Å². The number of amides is 1. The van der Waals surface area contributed by atoms with Crippen molar-refractivity contribution in [2.75, 3.05) is 18.0 Å². The number of hydrogen-bond acceptors (Lipinski definition) is 5. The first-order valence-electron chi connectivity index (χ1n) is 10.4. The summed E-state index contributed by atoms with van der Waals surface area (Å²) in [5.41, 5.74) is 11.9. The van der Waals surface area contributed by atoms with Gasteiger partial charge in [-0.25, -0.2) is 9.97 Å². The van der Waals surface area contributed by atoms with Crippen LogP contribution in [0.3, 0.4) is 0 Å². The number of benzene rings is 2. The number of hydrogen-bond donors (Lipinski definition) is 1. The first-order valence-corrected chi connectivity index (χ1v) is 11.4. The molecule has 0 radical (unpaired) electrons. The molecule has 0 atom stereocenters. The highest BCUT2D eigenvalue weighted by molar-refractivity contribution is 7.98. The normalized spacial score (nSPS) is 15.0. The van der Waals surface area contributed by atoms with Crippen LogP contribution in [0, 0.1) is 0 Å². The van der Waals surface area contributed by atoms with Gasteiger partial charge in [-0.15, -0.1) is 11.8 Å². The minimum Gasteiger partial charge on any atom is -0.366 e. The minimum absolute atomic E-state index is 0.397. The van der Waals surface area contributed by atoms with E-state index in [4.69, 9.17) is 15.7 Å². The molecule has 1 aliphatic carbocycles. The molecule has 0 saturated carbocycles. The van der Waals surface area contributed by atoms with Crippen LogP contribution in [0.1, 0.15) is 40.0 Å². The largest absolute Gasteiger partial charge is 0.366 e. The summed E-state index contributed by atoms with van der Waals surface area (Å²) in [4.78, 5) is 25.0. The van der Waals surface area contributed by atoms with E-state index < -0.39 is 5.91 Å².